The van der Waals surface area contributed by atoms with E-state index >= 15 is 0 Å². The number of oxazole rings is 1. The van der Waals surface area contributed by atoms with Gasteiger partial charge in [0.25, 0.3) is 11.6 Å². The molecule has 0 aliphatic heterocycles. The number of anilines is 1. The summed E-state index contributed by atoms with van der Waals surface area (Å²) < 4.78 is 7.79. The van der Waals surface area contributed by atoms with Crippen LogP contribution in [0, 0.1) is 20.6 Å². The second-order valence-corrected chi connectivity index (χ2v) is 8.64. The summed E-state index contributed by atoms with van der Waals surface area (Å²) in [6, 6.07) is 15.3. The SMILES string of the molecule is Cc1cc(C(=O)Nc2ccc3oc(-c4cc(I)ccc4Br)nc3c2)ccc1[N+](=O)[O-]. The average Bonchev–Trinajstić information content (AvgIpc) is 3.12. The smallest absolute Gasteiger partial charge is 0.272 e. The van der Waals surface area contributed by atoms with Crippen LogP contribution in [0.15, 0.2) is 63.5 Å². The number of amides is 1. The quantitative estimate of drug-likeness (QED) is 0.174. The minimum atomic E-state index is -0.473. The topological polar surface area (TPSA) is 98.3 Å². The molecule has 9 heteroatoms. The molecule has 0 bridgehead atoms. The van der Waals surface area contributed by atoms with Crippen molar-refractivity contribution in [2.24, 2.45) is 0 Å². The highest BCUT2D eigenvalue weighted by atomic mass is 127. The molecule has 0 atom stereocenters. The molecule has 0 aliphatic rings. The Bertz CT molecular complexity index is 1320. The maximum atomic E-state index is 12.6. The van der Waals surface area contributed by atoms with Gasteiger partial charge in [-0.1, -0.05) is 0 Å². The Balaban J connectivity index is 1.61. The van der Waals surface area contributed by atoms with Gasteiger partial charge in [0.15, 0.2) is 5.58 Å². The van der Waals surface area contributed by atoms with Gasteiger partial charge in [-0.15, -0.1) is 0 Å². The summed E-state index contributed by atoms with van der Waals surface area (Å²) in [6.07, 6.45) is 0. The van der Waals surface area contributed by atoms with Crippen molar-refractivity contribution in [1.29, 1.82) is 0 Å². The van der Waals surface area contributed by atoms with Crippen LogP contribution in [0.5, 0.6) is 0 Å². The second kappa shape index (κ2) is 8.15. The summed E-state index contributed by atoms with van der Waals surface area (Å²) in [5.74, 6) is 0.112. The van der Waals surface area contributed by atoms with Crippen LogP contribution in [0.4, 0.5) is 11.4 Å². The molecule has 30 heavy (non-hydrogen) atoms. The van der Waals surface area contributed by atoms with Crippen LogP contribution in [0.1, 0.15) is 15.9 Å². The maximum absolute atomic E-state index is 12.6. The first kappa shape index (κ1) is 20.5. The number of aryl methyl sites for hydroxylation is 1. The van der Waals surface area contributed by atoms with Crippen LogP contribution in [0.2, 0.25) is 0 Å². The third-order valence-electron chi connectivity index (χ3n) is 4.46. The van der Waals surface area contributed by atoms with Crippen LogP contribution in [-0.4, -0.2) is 15.8 Å². The van der Waals surface area contributed by atoms with E-state index in [-0.39, 0.29) is 11.6 Å². The lowest BCUT2D eigenvalue weighted by Crippen LogP contribution is -2.12. The standard InChI is InChI=1S/C21H13BrIN3O4/c1-11-8-12(2-6-18(11)26(28)29)20(27)24-14-4-7-19-17(10-14)25-21(30-19)15-9-13(23)3-5-16(15)22/h2-10H,1H3,(H,24,27). The Morgan fingerprint density at radius 3 is 2.70 bits per heavy atom. The molecule has 7 nitrogen and oxygen atoms in total. The van der Waals surface area contributed by atoms with E-state index in [9.17, 15) is 14.9 Å². The van der Waals surface area contributed by atoms with E-state index in [0.29, 0.717) is 33.8 Å². The molecule has 1 heterocycles. The largest absolute Gasteiger partial charge is 0.436 e. The van der Waals surface area contributed by atoms with E-state index < -0.39 is 4.92 Å². The second-order valence-electron chi connectivity index (χ2n) is 6.54. The van der Waals surface area contributed by atoms with Crippen molar-refractivity contribution < 1.29 is 14.1 Å². The maximum Gasteiger partial charge on any atom is 0.272 e. The van der Waals surface area contributed by atoms with Crippen molar-refractivity contribution in [2.45, 2.75) is 6.92 Å². The van der Waals surface area contributed by atoms with Crippen LogP contribution in [0.25, 0.3) is 22.6 Å². The number of carbonyl (C=O) groups is 1. The molecular weight excluding hydrogens is 565 g/mol. The number of nitrogens with one attached hydrogen (secondary N) is 1. The molecule has 0 saturated carbocycles. The first-order chi connectivity index (χ1) is 14.3. The molecule has 0 spiro atoms. The molecule has 1 aromatic heterocycles. The Kier molecular flexibility index (Phi) is 5.56. The molecule has 4 aromatic rings. The van der Waals surface area contributed by atoms with E-state index in [2.05, 4.69) is 48.8 Å². The minimum absolute atomic E-state index is 0.0233. The summed E-state index contributed by atoms with van der Waals surface area (Å²) in [4.78, 5) is 27.6. The zero-order valence-corrected chi connectivity index (χ0v) is 19.2. The van der Waals surface area contributed by atoms with Gasteiger partial charge in [-0.2, -0.15) is 0 Å². The van der Waals surface area contributed by atoms with Gasteiger partial charge in [0.05, 0.1) is 10.5 Å². The number of nitro groups is 1. The number of benzene rings is 3. The molecule has 0 aliphatic carbocycles. The van der Waals surface area contributed by atoms with Gasteiger partial charge in [-0.3, -0.25) is 14.9 Å². The zero-order valence-electron chi connectivity index (χ0n) is 15.5. The highest BCUT2D eigenvalue weighted by Crippen LogP contribution is 2.32. The Labute approximate surface area is 192 Å². The molecular formula is C21H13BrIN3O4. The normalized spacial score (nSPS) is 10.9. The van der Waals surface area contributed by atoms with E-state index in [4.69, 9.17) is 4.42 Å². The number of hydrogen-bond donors (Lipinski definition) is 1. The van der Waals surface area contributed by atoms with Crippen LogP contribution in [0.3, 0.4) is 0 Å². The van der Waals surface area contributed by atoms with Gasteiger partial charge in [-0.05, 0) is 94.0 Å². The number of aromatic nitrogens is 1. The summed E-state index contributed by atoms with van der Waals surface area (Å²) in [5, 5.41) is 13.7. The zero-order chi connectivity index (χ0) is 21.4. The molecule has 150 valence electrons. The predicted octanol–water partition coefficient (Wildman–Crippen LogP) is 6.33. The van der Waals surface area contributed by atoms with E-state index in [0.717, 1.165) is 13.6 Å². The van der Waals surface area contributed by atoms with Crippen molar-refractivity contribution in [3.63, 3.8) is 0 Å². The average molecular weight is 578 g/mol. The third kappa shape index (κ3) is 4.08. The van der Waals surface area contributed by atoms with Crippen molar-refractivity contribution in [3.8, 4) is 11.5 Å². The molecule has 3 aromatic carbocycles. The van der Waals surface area contributed by atoms with Gasteiger partial charge in [0, 0.05) is 30.9 Å². The lowest BCUT2D eigenvalue weighted by atomic mass is 10.1. The van der Waals surface area contributed by atoms with E-state index in [1.165, 1.54) is 18.2 Å². The van der Waals surface area contributed by atoms with E-state index in [1.54, 1.807) is 25.1 Å². The third-order valence-corrected chi connectivity index (χ3v) is 5.82. The van der Waals surface area contributed by atoms with Crippen LogP contribution < -0.4 is 5.32 Å². The number of fused-ring (bicyclic) bond motifs is 1. The first-order valence-corrected chi connectivity index (χ1v) is 10.6. The van der Waals surface area contributed by atoms with Gasteiger partial charge >= 0.3 is 0 Å². The number of rotatable bonds is 4. The number of nitrogens with zero attached hydrogens (tertiary/aromatic N) is 2. The Morgan fingerprint density at radius 1 is 1.17 bits per heavy atom. The lowest BCUT2D eigenvalue weighted by molar-refractivity contribution is -0.385. The predicted molar refractivity (Wildman–Crippen MR) is 126 cm³/mol. The molecule has 4 rings (SSSR count). The molecule has 1 amide bonds. The molecule has 0 saturated heterocycles. The number of halogens is 2. The minimum Gasteiger partial charge on any atom is -0.436 e. The van der Waals surface area contributed by atoms with Gasteiger partial charge in [0.2, 0.25) is 5.89 Å². The lowest BCUT2D eigenvalue weighted by Gasteiger charge is -2.06. The van der Waals surface area contributed by atoms with Crippen molar-refractivity contribution in [2.75, 3.05) is 5.32 Å². The summed E-state index contributed by atoms with van der Waals surface area (Å²) in [7, 11) is 0. The fourth-order valence-electron chi connectivity index (χ4n) is 2.99. The van der Waals surface area contributed by atoms with Crippen molar-refractivity contribution in [1.82, 2.24) is 4.98 Å². The fourth-order valence-corrected chi connectivity index (χ4v) is 3.89. The number of carbonyl (C=O) groups excluding carboxylic acids is 1. The van der Waals surface area contributed by atoms with Crippen molar-refractivity contribution in [3.05, 3.63) is 83.9 Å². The highest BCUT2D eigenvalue weighted by molar-refractivity contribution is 14.1. The summed E-state index contributed by atoms with van der Waals surface area (Å²) in [5.41, 5.74) is 3.32. The van der Waals surface area contributed by atoms with Crippen molar-refractivity contribution >= 4 is 66.9 Å². The fraction of sp³-hybridized carbons (Fsp3) is 0.0476. The molecule has 0 radical (unpaired) electrons. The molecule has 1 N–H and O–H groups in total. The first-order valence-electron chi connectivity index (χ1n) is 8.74. The summed E-state index contributed by atoms with van der Waals surface area (Å²) in [6.45, 7) is 1.60. The highest BCUT2D eigenvalue weighted by Gasteiger charge is 2.16. The molecule has 0 unspecified atom stereocenters. The summed E-state index contributed by atoms with van der Waals surface area (Å²) >= 11 is 5.74. The monoisotopic (exact) mass is 577 g/mol. The van der Waals surface area contributed by atoms with Crippen LogP contribution >= 0.6 is 38.5 Å². The van der Waals surface area contributed by atoms with E-state index in [1.807, 2.05) is 18.2 Å². The Morgan fingerprint density at radius 2 is 1.97 bits per heavy atom. The number of hydrogen-bond acceptors (Lipinski definition) is 5. The van der Waals surface area contributed by atoms with Gasteiger partial charge in [0.1, 0.15) is 5.52 Å². The molecule has 0 fully saturated rings. The number of nitro benzene ring substituents is 1. The van der Waals surface area contributed by atoms with Crippen LogP contribution in [-0.2, 0) is 0 Å². The van der Waals surface area contributed by atoms with Gasteiger partial charge < -0.3 is 9.73 Å². The Hall–Kier alpha value is -2.79. The van der Waals surface area contributed by atoms with Gasteiger partial charge in [-0.25, -0.2) is 4.98 Å².